The molecule has 0 radical (unpaired) electrons. The topological polar surface area (TPSA) is 37.4 Å². The van der Waals surface area contributed by atoms with Crippen molar-refractivity contribution in [2.45, 2.75) is 32.5 Å². The van der Waals surface area contributed by atoms with Crippen LogP contribution >= 0.6 is 11.6 Å². The molecule has 16 heavy (non-hydrogen) atoms. The standard InChI is InChI=1S/C9H13ClF3NO2/c1-3-6(2)14(5-7(15)4-10)8(16)9(11,12)13/h6H,3-5H2,1-2H3. The van der Waals surface area contributed by atoms with Crippen molar-refractivity contribution >= 4 is 23.3 Å². The van der Waals surface area contributed by atoms with Crippen LogP contribution in [0.3, 0.4) is 0 Å². The van der Waals surface area contributed by atoms with Crippen LogP contribution in [0.2, 0.25) is 0 Å². The number of amides is 1. The largest absolute Gasteiger partial charge is 0.471 e. The number of nitrogens with zero attached hydrogens (tertiary/aromatic N) is 1. The average molecular weight is 260 g/mol. The van der Waals surface area contributed by atoms with Crippen LogP contribution in [-0.4, -0.2) is 41.2 Å². The maximum atomic E-state index is 12.2. The molecule has 0 aromatic carbocycles. The summed E-state index contributed by atoms with van der Waals surface area (Å²) in [5, 5.41) is 0. The summed E-state index contributed by atoms with van der Waals surface area (Å²) in [4.78, 5) is 22.5. The average Bonchev–Trinajstić information content (AvgIpc) is 2.22. The molecule has 0 aliphatic rings. The third kappa shape index (κ3) is 4.38. The van der Waals surface area contributed by atoms with E-state index in [0.717, 1.165) is 0 Å². The maximum absolute atomic E-state index is 12.2. The van der Waals surface area contributed by atoms with Crippen molar-refractivity contribution in [3.05, 3.63) is 0 Å². The van der Waals surface area contributed by atoms with Crippen LogP contribution in [0, 0.1) is 0 Å². The smallest absolute Gasteiger partial charge is 0.325 e. The molecule has 0 saturated heterocycles. The van der Waals surface area contributed by atoms with E-state index in [4.69, 9.17) is 11.6 Å². The Balaban J connectivity index is 4.81. The molecule has 0 saturated carbocycles. The lowest BCUT2D eigenvalue weighted by molar-refractivity contribution is -0.187. The molecule has 0 aliphatic heterocycles. The first kappa shape index (κ1) is 15.2. The Hall–Kier alpha value is -0.780. The van der Waals surface area contributed by atoms with Gasteiger partial charge in [0.25, 0.3) is 0 Å². The maximum Gasteiger partial charge on any atom is 0.471 e. The van der Waals surface area contributed by atoms with E-state index in [2.05, 4.69) is 0 Å². The second-order valence-corrected chi connectivity index (χ2v) is 3.63. The third-order valence-corrected chi connectivity index (χ3v) is 2.42. The summed E-state index contributed by atoms with van der Waals surface area (Å²) >= 11 is 5.19. The number of hydrogen-bond donors (Lipinski definition) is 0. The molecule has 3 nitrogen and oxygen atoms in total. The van der Waals surface area contributed by atoms with Crippen molar-refractivity contribution in [1.82, 2.24) is 4.90 Å². The fraction of sp³-hybridized carbons (Fsp3) is 0.778. The van der Waals surface area contributed by atoms with Crippen LogP contribution in [0.15, 0.2) is 0 Å². The van der Waals surface area contributed by atoms with Gasteiger partial charge in [0.2, 0.25) is 0 Å². The Morgan fingerprint density at radius 3 is 2.19 bits per heavy atom. The highest BCUT2D eigenvalue weighted by atomic mass is 35.5. The van der Waals surface area contributed by atoms with Gasteiger partial charge >= 0.3 is 12.1 Å². The first-order valence-electron chi connectivity index (χ1n) is 4.69. The fourth-order valence-corrected chi connectivity index (χ4v) is 1.13. The molecule has 7 heteroatoms. The van der Waals surface area contributed by atoms with Gasteiger partial charge in [0.05, 0.1) is 12.4 Å². The molecule has 0 rings (SSSR count). The van der Waals surface area contributed by atoms with Crippen molar-refractivity contribution in [1.29, 1.82) is 0 Å². The molecule has 0 bridgehead atoms. The molecule has 0 aromatic heterocycles. The quantitative estimate of drug-likeness (QED) is 0.708. The van der Waals surface area contributed by atoms with Crippen LogP contribution in [0.1, 0.15) is 20.3 Å². The molecule has 0 N–H and O–H groups in total. The van der Waals surface area contributed by atoms with Crippen molar-refractivity contribution in [3.63, 3.8) is 0 Å². The molecular formula is C9H13ClF3NO2. The number of carbonyl (C=O) groups is 2. The minimum Gasteiger partial charge on any atom is -0.325 e. The Labute approximate surface area is 96.5 Å². The molecule has 0 heterocycles. The van der Waals surface area contributed by atoms with Crippen molar-refractivity contribution in [2.24, 2.45) is 0 Å². The number of carbonyl (C=O) groups excluding carboxylic acids is 2. The SMILES string of the molecule is CCC(C)N(CC(=O)CCl)C(=O)C(F)(F)F. The molecule has 1 unspecified atom stereocenters. The summed E-state index contributed by atoms with van der Waals surface area (Å²) < 4.78 is 36.6. The fourth-order valence-electron chi connectivity index (χ4n) is 1.04. The van der Waals surface area contributed by atoms with E-state index < -0.39 is 36.3 Å². The highest BCUT2D eigenvalue weighted by molar-refractivity contribution is 6.28. The van der Waals surface area contributed by atoms with Gasteiger partial charge in [-0.3, -0.25) is 9.59 Å². The molecule has 0 aromatic rings. The number of Topliss-reactive ketones (excluding diaryl/α,β-unsaturated/α-hetero) is 1. The lowest BCUT2D eigenvalue weighted by Crippen LogP contribution is -2.48. The first-order chi connectivity index (χ1) is 7.23. The molecule has 1 amide bonds. The second-order valence-electron chi connectivity index (χ2n) is 3.36. The highest BCUT2D eigenvalue weighted by Crippen LogP contribution is 2.20. The normalized spacial score (nSPS) is 13.4. The van der Waals surface area contributed by atoms with Crippen LogP contribution in [0.4, 0.5) is 13.2 Å². The summed E-state index contributed by atoms with van der Waals surface area (Å²) in [5.41, 5.74) is 0. The molecule has 94 valence electrons. The summed E-state index contributed by atoms with van der Waals surface area (Å²) in [5.74, 6) is -3.02. The van der Waals surface area contributed by atoms with E-state index in [1.54, 1.807) is 6.92 Å². The number of halogens is 4. The highest BCUT2D eigenvalue weighted by Gasteiger charge is 2.44. The molecule has 0 spiro atoms. The van der Waals surface area contributed by atoms with E-state index in [-0.39, 0.29) is 0 Å². The molecular weight excluding hydrogens is 247 g/mol. The van der Waals surface area contributed by atoms with Gasteiger partial charge in [0, 0.05) is 6.04 Å². The minimum absolute atomic E-state index is 0.331. The van der Waals surface area contributed by atoms with Crippen molar-refractivity contribution in [2.75, 3.05) is 12.4 Å². The lowest BCUT2D eigenvalue weighted by Gasteiger charge is -2.28. The van der Waals surface area contributed by atoms with Crippen LogP contribution in [0.5, 0.6) is 0 Å². The van der Waals surface area contributed by atoms with Gasteiger partial charge in [-0.25, -0.2) is 0 Å². The zero-order chi connectivity index (χ0) is 12.9. The summed E-state index contributed by atoms with van der Waals surface area (Å²) in [6.45, 7) is 2.48. The minimum atomic E-state index is -4.96. The third-order valence-electron chi connectivity index (χ3n) is 2.12. The van der Waals surface area contributed by atoms with Gasteiger partial charge in [0.1, 0.15) is 0 Å². The monoisotopic (exact) mass is 259 g/mol. The zero-order valence-electron chi connectivity index (χ0n) is 8.97. The van der Waals surface area contributed by atoms with Crippen LogP contribution in [-0.2, 0) is 9.59 Å². The van der Waals surface area contributed by atoms with E-state index in [9.17, 15) is 22.8 Å². The van der Waals surface area contributed by atoms with Gasteiger partial charge in [0.15, 0.2) is 5.78 Å². The zero-order valence-corrected chi connectivity index (χ0v) is 9.73. The van der Waals surface area contributed by atoms with Crippen molar-refractivity contribution < 1.29 is 22.8 Å². The van der Waals surface area contributed by atoms with Gasteiger partial charge in [-0.1, -0.05) is 6.92 Å². The Kier molecular flexibility index (Phi) is 5.78. The van der Waals surface area contributed by atoms with Gasteiger partial charge < -0.3 is 4.90 Å². The Morgan fingerprint density at radius 2 is 1.88 bits per heavy atom. The predicted molar refractivity (Wildman–Crippen MR) is 53.2 cm³/mol. The van der Waals surface area contributed by atoms with Gasteiger partial charge in [-0.15, -0.1) is 11.6 Å². The van der Waals surface area contributed by atoms with Crippen molar-refractivity contribution in [3.8, 4) is 0 Å². The van der Waals surface area contributed by atoms with E-state index >= 15 is 0 Å². The van der Waals surface area contributed by atoms with Crippen LogP contribution in [0.25, 0.3) is 0 Å². The predicted octanol–water partition coefficient (Wildman–Crippen LogP) is 1.98. The van der Waals surface area contributed by atoms with E-state index in [1.165, 1.54) is 6.92 Å². The van der Waals surface area contributed by atoms with E-state index in [0.29, 0.717) is 11.3 Å². The summed E-state index contributed by atoms with van der Waals surface area (Å²) in [7, 11) is 0. The molecule has 1 atom stereocenters. The number of alkyl halides is 4. The summed E-state index contributed by atoms with van der Waals surface area (Å²) in [6, 6.07) is -0.652. The van der Waals surface area contributed by atoms with E-state index in [1.807, 2.05) is 0 Å². The second kappa shape index (κ2) is 6.08. The lowest BCUT2D eigenvalue weighted by atomic mass is 10.2. The number of ketones is 1. The number of rotatable bonds is 5. The van der Waals surface area contributed by atoms with Gasteiger partial charge in [-0.05, 0) is 13.3 Å². The Morgan fingerprint density at radius 1 is 1.38 bits per heavy atom. The molecule has 0 aliphatic carbocycles. The molecule has 0 fully saturated rings. The first-order valence-corrected chi connectivity index (χ1v) is 5.22. The van der Waals surface area contributed by atoms with Gasteiger partial charge in [-0.2, -0.15) is 13.2 Å². The number of hydrogen-bond acceptors (Lipinski definition) is 2. The van der Waals surface area contributed by atoms with Crippen LogP contribution < -0.4 is 0 Å². The Bertz CT molecular complexity index is 268. The summed E-state index contributed by atoms with van der Waals surface area (Å²) in [6.07, 6.45) is -4.63.